The van der Waals surface area contributed by atoms with Crippen LogP contribution >= 0.6 is 11.3 Å². The maximum Gasteiger partial charge on any atom is 0.241 e. The second-order valence-electron chi connectivity index (χ2n) is 9.51. The summed E-state index contributed by atoms with van der Waals surface area (Å²) in [5.74, 6) is 0. The zero-order chi connectivity index (χ0) is 23.5. The van der Waals surface area contributed by atoms with E-state index >= 15 is 0 Å². The van der Waals surface area contributed by atoms with Crippen molar-refractivity contribution in [2.24, 2.45) is 0 Å². The lowest BCUT2D eigenvalue weighted by Crippen LogP contribution is -2.54. The predicted octanol–water partition coefficient (Wildman–Crippen LogP) is 2.92. The Morgan fingerprint density at radius 1 is 1.24 bits per heavy atom. The van der Waals surface area contributed by atoms with Gasteiger partial charge in [0.1, 0.15) is 0 Å². The highest BCUT2D eigenvalue weighted by Crippen LogP contribution is 2.38. The molecule has 33 heavy (non-hydrogen) atoms. The third-order valence-electron chi connectivity index (χ3n) is 6.18. The quantitative estimate of drug-likeness (QED) is 0.544. The number of hydrogen-bond donors (Lipinski definition) is 2. The number of alkyl halides is 1. The topological polar surface area (TPSA) is 105 Å². The highest BCUT2D eigenvalue weighted by molar-refractivity contribution is 7.89. The van der Waals surface area contributed by atoms with Crippen LogP contribution in [-0.4, -0.2) is 59.1 Å². The number of rotatable bonds is 6. The fourth-order valence-corrected chi connectivity index (χ4v) is 6.57. The molecule has 3 atom stereocenters. The maximum atomic E-state index is 13.7. The van der Waals surface area contributed by atoms with E-state index in [4.69, 9.17) is 0 Å². The van der Waals surface area contributed by atoms with Crippen molar-refractivity contribution in [3.8, 4) is 5.13 Å². The number of hydrogen-bond acceptors (Lipinski definition) is 8. The molecular weight excluding hydrogens is 465 g/mol. The number of nitrogens with zero attached hydrogens (tertiary/aromatic N) is 5. The van der Waals surface area contributed by atoms with Gasteiger partial charge in [-0.05, 0) is 52.7 Å². The van der Waals surface area contributed by atoms with Gasteiger partial charge < -0.3 is 10.2 Å². The summed E-state index contributed by atoms with van der Waals surface area (Å²) < 4.78 is 44.8. The maximum absolute atomic E-state index is 13.7. The number of halogens is 1. The van der Waals surface area contributed by atoms with Crippen molar-refractivity contribution in [3.63, 3.8) is 0 Å². The fourth-order valence-electron chi connectivity index (χ4n) is 4.32. The van der Waals surface area contributed by atoms with Crippen LogP contribution < -0.4 is 14.9 Å². The molecule has 0 radical (unpaired) electrons. The summed E-state index contributed by atoms with van der Waals surface area (Å²) in [5, 5.41) is 17.5. The molecule has 3 unspecified atom stereocenters. The molecule has 2 fully saturated rings. The van der Waals surface area contributed by atoms with Crippen LogP contribution in [0.15, 0.2) is 23.2 Å². The molecule has 12 heteroatoms. The summed E-state index contributed by atoms with van der Waals surface area (Å²) in [6.45, 7) is 9.02. The molecule has 5 rings (SSSR count). The number of benzene rings is 1. The molecule has 1 aromatic carbocycles. The molecule has 178 valence electrons. The lowest BCUT2D eigenvalue weighted by atomic mass is 10.1. The highest BCUT2D eigenvalue weighted by Gasteiger charge is 2.41. The van der Waals surface area contributed by atoms with Crippen molar-refractivity contribution in [1.82, 2.24) is 30.0 Å². The van der Waals surface area contributed by atoms with Gasteiger partial charge in [0.15, 0.2) is 11.2 Å². The van der Waals surface area contributed by atoms with Gasteiger partial charge in [0.2, 0.25) is 15.2 Å². The first kappa shape index (κ1) is 22.6. The summed E-state index contributed by atoms with van der Waals surface area (Å²) in [7, 11) is -3.75. The Morgan fingerprint density at radius 3 is 2.55 bits per heavy atom. The van der Waals surface area contributed by atoms with E-state index in [9.17, 15) is 12.8 Å². The summed E-state index contributed by atoms with van der Waals surface area (Å²) in [4.78, 5) is 2.38. The first-order valence-corrected chi connectivity index (χ1v) is 13.4. The van der Waals surface area contributed by atoms with Crippen molar-refractivity contribution in [3.05, 3.63) is 23.3 Å². The van der Waals surface area contributed by atoms with Crippen molar-refractivity contribution in [2.75, 3.05) is 18.0 Å². The summed E-state index contributed by atoms with van der Waals surface area (Å²) in [6, 6.07) is 3.86. The van der Waals surface area contributed by atoms with Gasteiger partial charge >= 0.3 is 0 Å². The zero-order valence-corrected chi connectivity index (χ0v) is 20.7. The Bertz CT molecular complexity index is 1290. The highest BCUT2D eigenvalue weighted by atomic mass is 32.2. The molecule has 1 aliphatic carbocycles. The lowest BCUT2D eigenvalue weighted by molar-refractivity contribution is 0.371. The molecule has 0 spiro atoms. The first-order chi connectivity index (χ1) is 15.5. The van der Waals surface area contributed by atoms with Gasteiger partial charge in [-0.25, -0.2) is 22.2 Å². The molecule has 1 aliphatic heterocycles. The van der Waals surface area contributed by atoms with Crippen molar-refractivity contribution in [1.29, 1.82) is 0 Å². The number of sulfonamides is 1. The van der Waals surface area contributed by atoms with Crippen LogP contribution in [0.4, 0.5) is 10.1 Å². The molecule has 1 saturated carbocycles. The van der Waals surface area contributed by atoms with Crippen LogP contribution in [0.5, 0.6) is 0 Å². The number of nitrogens with one attached hydrogen (secondary N) is 2. The van der Waals surface area contributed by atoms with E-state index in [1.807, 2.05) is 6.92 Å². The Labute approximate surface area is 196 Å². The smallest absolute Gasteiger partial charge is 0.241 e. The molecular formula is C21H28FN7O2S2. The van der Waals surface area contributed by atoms with E-state index in [0.29, 0.717) is 10.6 Å². The minimum Gasteiger partial charge on any atom is -0.368 e. The lowest BCUT2D eigenvalue weighted by Gasteiger charge is -2.38. The van der Waals surface area contributed by atoms with E-state index < -0.39 is 21.7 Å². The minimum absolute atomic E-state index is 0.183. The second-order valence-corrected chi connectivity index (χ2v) is 12.2. The third kappa shape index (κ3) is 4.36. The van der Waals surface area contributed by atoms with Crippen molar-refractivity contribution < 1.29 is 12.8 Å². The Kier molecular flexibility index (Phi) is 5.46. The number of piperazine rings is 1. The van der Waals surface area contributed by atoms with E-state index in [2.05, 4.69) is 44.1 Å². The number of fused-ring (bicyclic) bond motifs is 1. The van der Waals surface area contributed by atoms with Gasteiger partial charge in [0, 0.05) is 41.8 Å². The zero-order valence-electron chi connectivity index (χ0n) is 19.0. The third-order valence-corrected chi connectivity index (χ3v) is 8.85. The Hall–Kier alpha value is -2.15. The van der Waals surface area contributed by atoms with E-state index in [1.54, 1.807) is 23.0 Å². The van der Waals surface area contributed by atoms with Gasteiger partial charge in [-0.2, -0.15) is 5.10 Å². The minimum atomic E-state index is -3.75. The molecule has 2 aliphatic rings. The van der Waals surface area contributed by atoms with Crippen LogP contribution in [0.1, 0.15) is 51.7 Å². The van der Waals surface area contributed by atoms with E-state index in [1.165, 1.54) is 6.92 Å². The van der Waals surface area contributed by atoms with Gasteiger partial charge in [-0.3, -0.25) is 0 Å². The molecule has 0 bridgehead atoms. The molecule has 3 heterocycles. The van der Waals surface area contributed by atoms with Crippen molar-refractivity contribution in [2.45, 2.75) is 69.2 Å². The molecule has 0 amide bonds. The molecule has 2 N–H and O–H groups in total. The summed E-state index contributed by atoms with van der Waals surface area (Å²) in [6.07, 6.45) is 2.12. The van der Waals surface area contributed by atoms with Crippen molar-refractivity contribution >= 4 is 38.0 Å². The molecule has 9 nitrogen and oxygen atoms in total. The number of aromatic nitrogens is 4. The summed E-state index contributed by atoms with van der Waals surface area (Å²) in [5.41, 5.74) is 1.02. The van der Waals surface area contributed by atoms with Crippen LogP contribution in [-0.2, 0) is 10.0 Å². The van der Waals surface area contributed by atoms with Gasteiger partial charge in [-0.15, -0.1) is 10.2 Å². The van der Waals surface area contributed by atoms with Crippen LogP contribution in [0, 0.1) is 0 Å². The predicted molar refractivity (Wildman–Crippen MR) is 126 cm³/mol. The van der Waals surface area contributed by atoms with Gasteiger partial charge in [0.05, 0.1) is 16.6 Å². The molecule has 1 saturated heterocycles. The van der Waals surface area contributed by atoms with Crippen LogP contribution in [0.3, 0.4) is 0 Å². The molecule has 3 aromatic rings. The van der Waals surface area contributed by atoms with Gasteiger partial charge in [0.25, 0.3) is 0 Å². The Morgan fingerprint density at radius 2 is 1.94 bits per heavy atom. The average Bonchev–Trinajstić information content (AvgIpc) is 3.14. The molecule has 2 aromatic heterocycles. The SMILES string of the molecule is CC1CN(c2cc(S(=O)(=O)NC3(C)CC3)cc3c2cnn3-c2nnc(C(C)F)s2)CC(C)N1. The first-order valence-electron chi connectivity index (χ1n) is 11.1. The van der Waals surface area contributed by atoms with Crippen LogP contribution in [0.2, 0.25) is 0 Å². The van der Waals surface area contributed by atoms with Gasteiger partial charge in [-0.1, -0.05) is 11.3 Å². The number of anilines is 1. The van der Waals surface area contributed by atoms with E-state index in [0.717, 1.165) is 48.3 Å². The van der Waals surface area contributed by atoms with E-state index in [-0.39, 0.29) is 22.0 Å². The van der Waals surface area contributed by atoms with Crippen LogP contribution in [0.25, 0.3) is 16.0 Å². The average molecular weight is 494 g/mol. The largest absolute Gasteiger partial charge is 0.368 e. The second kappa shape index (κ2) is 7.97. The Balaban J connectivity index is 1.67. The fraction of sp³-hybridized carbons (Fsp3) is 0.571. The standard InChI is InChI=1S/C21H28FN7O2S2/c1-12-10-28(11-13(2)24-12)17-7-15(33(30,31)27-21(4)5-6-21)8-18-16(17)9-23-29(18)20-26-25-19(32-20)14(3)22/h7-9,12-14,24,27H,5-6,10-11H2,1-4H3. The monoisotopic (exact) mass is 493 g/mol. The normalized spacial score (nSPS) is 23.7. The summed E-state index contributed by atoms with van der Waals surface area (Å²) >= 11 is 1.10.